The van der Waals surface area contributed by atoms with Gasteiger partial charge in [0.15, 0.2) is 0 Å². The SMILES string of the molecule is COC(=O)CSc1ccc(C(F)(F)F)nc1C. The van der Waals surface area contributed by atoms with Crippen LogP contribution in [-0.4, -0.2) is 23.8 Å². The van der Waals surface area contributed by atoms with E-state index in [-0.39, 0.29) is 11.4 Å². The highest BCUT2D eigenvalue weighted by Gasteiger charge is 2.32. The number of nitrogens with zero attached hydrogens (tertiary/aromatic N) is 1. The summed E-state index contributed by atoms with van der Waals surface area (Å²) in [5, 5.41) is 0. The lowest BCUT2D eigenvalue weighted by molar-refractivity contribution is -0.141. The Morgan fingerprint density at radius 2 is 2.12 bits per heavy atom. The van der Waals surface area contributed by atoms with Crippen LogP contribution in [0.3, 0.4) is 0 Å². The van der Waals surface area contributed by atoms with E-state index in [1.165, 1.54) is 20.1 Å². The van der Waals surface area contributed by atoms with Crippen molar-refractivity contribution >= 4 is 17.7 Å². The molecular weight excluding hydrogens is 255 g/mol. The number of pyridine rings is 1. The van der Waals surface area contributed by atoms with E-state index >= 15 is 0 Å². The van der Waals surface area contributed by atoms with Crippen molar-refractivity contribution in [3.63, 3.8) is 0 Å². The molecule has 17 heavy (non-hydrogen) atoms. The molecule has 1 rings (SSSR count). The third-order valence-corrected chi connectivity index (χ3v) is 3.02. The predicted octanol–water partition coefficient (Wildman–Crippen LogP) is 2.67. The van der Waals surface area contributed by atoms with Gasteiger partial charge in [-0.3, -0.25) is 4.79 Å². The Morgan fingerprint density at radius 3 is 2.59 bits per heavy atom. The van der Waals surface area contributed by atoms with Crippen LogP contribution in [0, 0.1) is 6.92 Å². The molecule has 0 bridgehead atoms. The number of hydrogen-bond acceptors (Lipinski definition) is 4. The van der Waals surface area contributed by atoms with Gasteiger partial charge < -0.3 is 4.74 Å². The molecule has 1 heterocycles. The van der Waals surface area contributed by atoms with E-state index in [1.54, 1.807) is 0 Å². The lowest BCUT2D eigenvalue weighted by atomic mass is 10.3. The molecule has 0 unspecified atom stereocenters. The van der Waals surface area contributed by atoms with Gasteiger partial charge in [0.05, 0.1) is 18.6 Å². The second-order valence-corrected chi connectivity index (χ2v) is 4.16. The van der Waals surface area contributed by atoms with E-state index in [0.717, 1.165) is 17.8 Å². The zero-order chi connectivity index (χ0) is 13.1. The van der Waals surface area contributed by atoms with Gasteiger partial charge in [0.1, 0.15) is 5.69 Å². The number of thioether (sulfide) groups is 1. The molecule has 3 nitrogen and oxygen atoms in total. The van der Waals surface area contributed by atoms with E-state index < -0.39 is 17.8 Å². The lowest BCUT2D eigenvalue weighted by Gasteiger charge is -2.09. The molecule has 0 atom stereocenters. The third-order valence-electron chi connectivity index (χ3n) is 1.90. The second kappa shape index (κ2) is 5.39. The molecule has 94 valence electrons. The first-order valence-corrected chi connectivity index (χ1v) is 5.57. The molecule has 1 aromatic heterocycles. The summed E-state index contributed by atoms with van der Waals surface area (Å²) in [5.41, 5.74) is -0.689. The van der Waals surface area contributed by atoms with Crippen LogP contribution in [0.25, 0.3) is 0 Å². The minimum Gasteiger partial charge on any atom is -0.468 e. The van der Waals surface area contributed by atoms with Crippen molar-refractivity contribution in [3.05, 3.63) is 23.5 Å². The van der Waals surface area contributed by atoms with Crippen LogP contribution in [0.1, 0.15) is 11.4 Å². The van der Waals surface area contributed by atoms with Crippen LogP contribution >= 0.6 is 11.8 Å². The molecule has 0 radical (unpaired) electrons. The number of hydrogen-bond donors (Lipinski definition) is 0. The third kappa shape index (κ3) is 3.92. The molecular formula is C10H10F3NO2S. The van der Waals surface area contributed by atoms with Crippen LogP contribution < -0.4 is 0 Å². The van der Waals surface area contributed by atoms with Crippen LogP contribution in [0.4, 0.5) is 13.2 Å². The number of methoxy groups -OCH3 is 1. The predicted molar refractivity (Wildman–Crippen MR) is 56.7 cm³/mol. The summed E-state index contributed by atoms with van der Waals surface area (Å²) in [4.78, 5) is 14.9. The number of alkyl halides is 3. The van der Waals surface area contributed by atoms with Crippen LogP contribution in [0.15, 0.2) is 17.0 Å². The number of ether oxygens (including phenoxy) is 1. The zero-order valence-electron chi connectivity index (χ0n) is 9.17. The molecule has 1 aromatic rings. The number of halogens is 3. The highest BCUT2D eigenvalue weighted by Crippen LogP contribution is 2.30. The van der Waals surface area contributed by atoms with Crippen molar-refractivity contribution in [2.75, 3.05) is 12.9 Å². The normalized spacial score (nSPS) is 11.4. The summed E-state index contributed by atoms with van der Waals surface area (Å²) in [6.45, 7) is 1.47. The van der Waals surface area contributed by atoms with Crippen molar-refractivity contribution in [2.24, 2.45) is 0 Å². The Hall–Kier alpha value is -1.24. The highest BCUT2D eigenvalue weighted by molar-refractivity contribution is 8.00. The van der Waals surface area contributed by atoms with Crippen molar-refractivity contribution < 1.29 is 22.7 Å². The van der Waals surface area contributed by atoms with Crippen molar-refractivity contribution in [3.8, 4) is 0 Å². The monoisotopic (exact) mass is 265 g/mol. The molecule has 0 aliphatic rings. The summed E-state index contributed by atoms with van der Waals surface area (Å²) in [6.07, 6.45) is -4.45. The fourth-order valence-corrected chi connectivity index (χ4v) is 1.86. The first-order chi connectivity index (χ1) is 7.84. The van der Waals surface area contributed by atoms with E-state index in [0.29, 0.717) is 4.90 Å². The van der Waals surface area contributed by atoms with Crippen LogP contribution in [0.2, 0.25) is 0 Å². The zero-order valence-corrected chi connectivity index (χ0v) is 9.98. The van der Waals surface area contributed by atoms with Gasteiger partial charge in [-0.2, -0.15) is 13.2 Å². The van der Waals surface area contributed by atoms with Gasteiger partial charge in [0.25, 0.3) is 0 Å². The molecule has 0 aliphatic heterocycles. The van der Waals surface area contributed by atoms with Crippen molar-refractivity contribution in [2.45, 2.75) is 18.0 Å². The number of esters is 1. The maximum absolute atomic E-state index is 12.3. The summed E-state index contributed by atoms with van der Waals surface area (Å²) in [7, 11) is 1.25. The highest BCUT2D eigenvalue weighted by atomic mass is 32.2. The summed E-state index contributed by atoms with van der Waals surface area (Å²) >= 11 is 1.09. The maximum Gasteiger partial charge on any atom is 0.433 e. The number of aromatic nitrogens is 1. The minimum absolute atomic E-state index is 0.0460. The molecule has 0 aliphatic carbocycles. The quantitative estimate of drug-likeness (QED) is 0.622. The van der Waals surface area contributed by atoms with Gasteiger partial charge in [-0.1, -0.05) is 0 Å². The molecule has 0 fully saturated rings. The molecule has 0 saturated carbocycles. The van der Waals surface area contributed by atoms with Gasteiger partial charge >= 0.3 is 12.1 Å². The van der Waals surface area contributed by atoms with Crippen molar-refractivity contribution in [1.82, 2.24) is 4.98 Å². The topological polar surface area (TPSA) is 39.2 Å². The van der Waals surface area contributed by atoms with Crippen LogP contribution in [-0.2, 0) is 15.7 Å². The fourth-order valence-electron chi connectivity index (χ4n) is 1.05. The van der Waals surface area contributed by atoms with E-state index in [4.69, 9.17) is 0 Å². The first kappa shape index (κ1) is 13.8. The molecule has 0 saturated heterocycles. The smallest absolute Gasteiger partial charge is 0.433 e. The molecule has 0 aromatic carbocycles. The average Bonchev–Trinajstić information content (AvgIpc) is 2.25. The number of carbonyl (C=O) groups is 1. The summed E-state index contributed by atoms with van der Waals surface area (Å²) < 4.78 is 41.4. The second-order valence-electron chi connectivity index (χ2n) is 3.14. The van der Waals surface area contributed by atoms with Gasteiger partial charge in [0.2, 0.25) is 0 Å². The Morgan fingerprint density at radius 1 is 1.47 bits per heavy atom. The van der Waals surface area contributed by atoms with E-state index in [9.17, 15) is 18.0 Å². The number of rotatable bonds is 3. The molecule has 0 N–H and O–H groups in total. The maximum atomic E-state index is 12.3. The standard InChI is InChI=1S/C10H10F3NO2S/c1-6-7(17-5-9(15)16-2)3-4-8(14-6)10(11,12)13/h3-4H,5H2,1-2H3. The first-order valence-electron chi connectivity index (χ1n) is 4.59. The van der Waals surface area contributed by atoms with E-state index in [1.807, 2.05) is 0 Å². The van der Waals surface area contributed by atoms with Crippen molar-refractivity contribution in [1.29, 1.82) is 0 Å². The average molecular weight is 265 g/mol. The lowest BCUT2D eigenvalue weighted by Crippen LogP contribution is -2.09. The Kier molecular flexibility index (Phi) is 4.39. The largest absolute Gasteiger partial charge is 0.468 e. The Labute approximate surface area is 100 Å². The Balaban J connectivity index is 2.80. The summed E-state index contributed by atoms with van der Waals surface area (Å²) in [6, 6.07) is 2.20. The van der Waals surface area contributed by atoms with Gasteiger partial charge in [-0.05, 0) is 19.1 Å². The fraction of sp³-hybridized carbons (Fsp3) is 0.400. The van der Waals surface area contributed by atoms with E-state index in [2.05, 4.69) is 9.72 Å². The minimum atomic E-state index is -4.45. The molecule has 7 heteroatoms. The van der Waals surface area contributed by atoms with Gasteiger partial charge in [-0.15, -0.1) is 11.8 Å². The Bertz CT molecular complexity index is 421. The summed E-state index contributed by atoms with van der Waals surface area (Å²) in [5.74, 6) is -0.390. The van der Waals surface area contributed by atoms with Gasteiger partial charge in [0, 0.05) is 4.90 Å². The number of carbonyl (C=O) groups excluding carboxylic acids is 1. The number of aryl methyl sites for hydroxylation is 1. The van der Waals surface area contributed by atoms with Gasteiger partial charge in [-0.25, -0.2) is 4.98 Å². The molecule has 0 amide bonds. The van der Waals surface area contributed by atoms with Crippen LogP contribution in [0.5, 0.6) is 0 Å². The molecule has 0 spiro atoms.